The Labute approximate surface area is 131 Å². The third-order valence-electron chi connectivity index (χ3n) is 3.05. The van der Waals surface area contributed by atoms with Crippen LogP contribution in [0.5, 0.6) is 5.75 Å². The van der Waals surface area contributed by atoms with Crippen molar-refractivity contribution in [2.45, 2.75) is 54.0 Å². The van der Waals surface area contributed by atoms with Gasteiger partial charge in [0, 0.05) is 5.92 Å². The third kappa shape index (κ3) is 4.58. The van der Waals surface area contributed by atoms with E-state index >= 15 is 0 Å². The zero-order valence-corrected chi connectivity index (χ0v) is 14.3. The van der Waals surface area contributed by atoms with Gasteiger partial charge in [0.25, 0.3) is 5.56 Å². The minimum atomic E-state index is -0.470. The van der Waals surface area contributed by atoms with Crippen molar-refractivity contribution in [2.24, 2.45) is 5.92 Å². The summed E-state index contributed by atoms with van der Waals surface area (Å²) in [6.45, 7) is 12.1. The van der Waals surface area contributed by atoms with Gasteiger partial charge in [-0.3, -0.25) is 9.59 Å². The molecule has 0 aliphatic carbocycles. The predicted molar refractivity (Wildman–Crippen MR) is 84.3 cm³/mol. The van der Waals surface area contributed by atoms with Crippen molar-refractivity contribution in [3.63, 3.8) is 0 Å². The van der Waals surface area contributed by atoms with Crippen molar-refractivity contribution >= 4 is 5.97 Å². The summed E-state index contributed by atoms with van der Waals surface area (Å²) in [5.41, 5.74) is 0.835. The summed E-state index contributed by atoms with van der Waals surface area (Å²) in [7, 11) is 0. The molecule has 1 aromatic rings. The fraction of sp³-hybridized carbons (Fsp3) is 0.688. The number of aromatic nitrogens is 2. The lowest BCUT2D eigenvalue weighted by Gasteiger charge is -2.18. The summed E-state index contributed by atoms with van der Waals surface area (Å²) in [4.78, 5) is 24.0. The first-order chi connectivity index (χ1) is 10.3. The molecular formula is C16H26N2O4. The van der Waals surface area contributed by atoms with Gasteiger partial charge in [-0.25, -0.2) is 4.68 Å². The second-order valence-corrected chi connectivity index (χ2v) is 5.97. The molecule has 0 saturated heterocycles. The van der Waals surface area contributed by atoms with Gasteiger partial charge in [0.2, 0.25) is 0 Å². The van der Waals surface area contributed by atoms with Crippen LogP contribution in [0.4, 0.5) is 0 Å². The van der Waals surface area contributed by atoms with E-state index in [1.165, 1.54) is 0 Å². The van der Waals surface area contributed by atoms with E-state index in [4.69, 9.17) is 9.47 Å². The Morgan fingerprint density at radius 1 is 1.27 bits per heavy atom. The van der Waals surface area contributed by atoms with Crippen LogP contribution >= 0.6 is 0 Å². The normalized spacial score (nSPS) is 11.1. The number of carbonyl (C=O) groups is 1. The Kier molecular flexibility index (Phi) is 6.59. The first-order valence-corrected chi connectivity index (χ1v) is 7.67. The highest BCUT2D eigenvalue weighted by Crippen LogP contribution is 2.26. The second kappa shape index (κ2) is 7.96. The van der Waals surface area contributed by atoms with Crippen LogP contribution in [0.2, 0.25) is 0 Å². The van der Waals surface area contributed by atoms with Gasteiger partial charge in [-0.2, -0.15) is 5.10 Å². The summed E-state index contributed by atoms with van der Waals surface area (Å²) < 4.78 is 11.8. The van der Waals surface area contributed by atoms with E-state index < -0.39 is 5.97 Å². The fourth-order valence-corrected chi connectivity index (χ4v) is 1.95. The Balaban J connectivity index is 3.23. The van der Waals surface area contributed by atoms with E-state index in [0.29, 0.717) is 29.5 Å². The van der Waals surface area contributed by atoms with Gasteiger partial charge >= 0.3 is 5.97 Å². The van der Waals surface area contributed by atoms with Crippen LogP contribution in [-0.2, 0) is 16.1 Å². The number of carbonyl (C=O) groups excluding carboxylic acids is 1. The molecule has 0 spiro atoms. The first-order valence-electron chi connectivity index (χ1n) is 7.67. The molecule has 0 aromatic carbocycles. The Hall–Kier alpha value is -1.85. The van der Waals surface area contributed by atoms with Gasteiger partial charge in [0.05, 0.1) is 18.8 Å². The van der Waals surface area contributed by atoms with Crippen LogP contribution in [0, 0.1) is 12.8 Å². The summed E-state index contributed by atoms with van der Waals surface area (Å²) in [5, 5.41) is 4.31. The van der Waals surface area contributed by atoms with Gasteiger partial charge in [0.1, 0.15) is 12.2 Å². The largest absolute Gasteiger partial charge is 0.491 e. The van der Waals surface area contributed by atoms with Crippen LogP contribution in [0.25, 0.3) is 0 Å². The number of esters is 1. The Morgan fingerprint density at radius 3 is 2.41 bits per heavy atom. The van der Waals surface area contributed by atoms with Crippen molar-refractivity contribution in [1.29, 1.82) is 0 Å². The average Bonchev–Trinajstić information content (AvgIpc) is 2.42. The number of nitrogens with zero attached hydrogens (tertiary/aromatic N) is 2. The fourth-order valence-electron chi connectivity index (χ4n) is 1.95. The highest BCUT2D eigenvalue weighted by molar-refractivity contribution is 5.69. The van der Waals surface area contributed by atoms with Crippen LogP contribution in [0.3, 0.4) is 0 Å². The summed E-state index contributed by atoms with van der Waals surface area (Å²) in [6.07, 6.45) is 0. The number of rotatable bonds is 7. The van der Waals surface area contributed by atoms with E-state index in [9.17, 15) is 9.59 Å². The van der Waals surface area contributed by atoms with Gasteiger partial charge in [-0.1, -0.05) is 27.7 Å². The lowest BCUT2D eigenvalue weighted by Crippen LogP contribution is -2.31. The third-order valence-corrected chi connectivity index (χ3v) is 3.05. The number of hydrogen-bond acceptors (Lipinski definition) is 5. The summed E-state index contributed by atoms with van der Waals surface area (Å²) in [5.74, 6) is 0.493. The van der Waals surface area contributed by atoms with Crippen LogP contribution in [0.1, 0.15) is 51.8 Å². The molecule has 0 N–H and O–H groups in total. The highest BCUT2D eigenvalue weighted by Gasteiger charge is 2.20. The SMILES string of the molecule is CCOC(=O)Cn1nc(C(C)C)c(OCC(C)C)c(C)c1=O. The van der Waals surface area contributed by atoms with E-state index in [1.807, 2.05) is 27.7 Å². The summed E-state index contributed by atoms with van der Waals surface area (Å²) in [6, 6.07) is 0. The molecule has 22 heavy (non-hydrogen) atoms. The molecule has 0 fully saturated rings. The molecule has 0 aliphatic rings. The molecule has 6 heteroatoms. The van der Waals surface area contributed by atoms with Crippen LogP contribution < -0.4 is 10.3 Å². The molecule has 1 rings (SSSR count). The molecular weight excluding hydrogens is 284 g/mol. The molecule has 0 unspecified atom stereocenters. The highest BCUT2D eigenvalue weighted by atomic mass is 16.5. The number of hydrogen-bond donors (Lipinski definition) is 0. The van der Waals surface area contributed by atoms with Crippen molar-refractivity contribution in [2.75, 3.05) is 13.2 Å². The minimum Gasteiger partial charge on any atom is -0.491 e. The monoisotopic (exact) mass is 310 g/mol. The van der Waals surface area contributed by atoms with Gasteiger partial charge < -0.3 is 9.47 Å². The smallest absolute Gasteiger partial charge is 0.327 e. The van der Waals surface area contributed by atoms with Crippen LogP contribution in [0.15, 0.2) is 4.79 Å². The second-order valence-electron chi connectivity index (χ2n) is 5.97. The Bertz CT molecular complexity index is 576. The van der Waals surface area contributed by atoms with E-state index in [1.54, 1.807) is 13.8 Å². The molecule has 0 radical (unpaired) electrons. The van der Waals surface area contributed by atoms with Crippen molar-refractivity contribution in [1.82, 2.24) is 9.78 Å². The molecule has 0 saturated carbocycles. The minimum absolute atomic E-state index is 0.0786. The molecule has 124 valence electrons. The molecule has 6 nitrogen and oxygen atoms in total. The van der Waals surface area contributed by atoms with Crippen molar-refractivity contribution in [3.05, 3.63) is 21.6 Å². The predicted octanol–water partition coefficient (Wildman–Crippen LogP) is 2.27. The average molecular weight is 310 g/mol. The van der Waals surface area contributed by atoms with Crippen LogP contribution in [-0.4, -0.2) is 29.0 Å². The lowest BCUT2D eigenvalue weighted by molar-refractivity contribution is -0.144. The Morgan fingerprint density at radius 2 is 1.91 bits per heavy atom. The molecule has 1 aromatic heterocycles. The molecule has 0 amide bonds. The van der Waals surface area contributed by atoms with Gasteiger partial charge in [-0.15, -0.1) is 0 Å². The molecule has 0 bridgehead atoms. The molecule has 0 aliphatic heterocycles. The molecule has 0 atom stereocenters. The van der Waals surface area contributed by atoms with Gasteiger partial charge in [-0.05, 0) is 19.8 Å². The first kappa shape index (κ1) is 18.2. The zero-order chi connectivity index (χ0) is 16.9. The maximum Gasteiger partial charge on any atom is 0.327 e. The van der Waals surface area contributed by atoms with Crippen molar-refractivity contribution in [3.8, 4) is 5.75 Å². The molecule has 1 heterocycles. The zero-order valence-electron chi connectivity index (χ0n) is 14.3. The quantitative estimate of drug-likeness (QED) is 0.723. The summed E-state index contributed by atoms with van der Waals surface area (Å²) >= 11 is 0. The van der Waals surface area contributed by atoms with E-state index in [0.717, 1.165) is 4.68 Å². The lowest BCUT2D eigenvalue weighted by atomic mass is 10.1. The maximum atomic E-state index is 12.4. The van der Waals surface area contributed by atoms with Crippen molar-refractivity contribution < 1.29 is 14.3 Å². The maximum absolute atomic E-state index is 12.4. The van der Waals surface area contributed by atoms with E-state index in [-0.39, 0.29) is 24.6 Å². The standard InChI is InChI=1S/C16H26N2O4/c1-7-21-13(19)8-18-16(20)12(6)15(22-9-10(2)3)14(17-18)11(4)5/h10-11H,7-9H2,1-6H3. The number of ether oxygens (including phenoxy) is 2. The van der Waals surface area contributed by atoms with Gasteiger partial charge in [0.15, 0.2) is 5.75 Å². The van der Waals surface area contributed by atoms with E-state index in [2.05, 4.69) is 5.10 Å². The topological polar surface area (TPSA) is 70.4 Å².